The SMILES string of the molecule is O=C(CCBr)Nc1cc(Cl)cc(Br)c1OC(F)F. The van der Waals surface area contributed by atoms with E-state index in [0.717, 1.165) is 0 Å². The summed E-state index contributed by atoms with van der Waals surface area (Å²) in [5.41, 5.74) is 0.0978. The maximum atomic E-state index is 12.3. The molecule has 0 saturated carbocycles. The minimum Gasteiger partial charge on any atom is -0.431 e. The van der Waals surface area contributed by atoms with E-state index < -0.39 is 6.61 Å². The van der Waals surface area contributed by atoms with Crippen molar-refractivity contribution in [1.29, 1.82) is 0 Å². The van der Waals surface area contributed by atoms with E-state index in [1.54, 1.807) is 0 Å². The molecule has 18 heavy (non-hydrogen) atoms. The van der Waals surface area contributed by atoms with E-state index in [0.29, 0.717) is 5.33 Å². The van der Waals surface area contributed by atoms with E-state index in [2.05, 4.69) is 41.9 Å². The summed E-state index contributed by atoms with van der Waals surface area (Å²) in [7, 11) is 0. The smallest absolute Gasteiger partial charge is 0.387 e. The molecule has 3 nitrogen and oxygen atoms in total. The molecule has 0 heterocycles. The standard InChI is InChI=1S/C10H8Br2ClF2NO2/c11-2-1-8(17)16-7-4-5(13)3-6(12)9(7)18-10(14)15/h3-4,10H,1-2H2,(H,16,17). The summed E-state index contributed by atoms with van der Waals surface area (Å²) in [6, 6.07) is 2.75. The summed E-state index contributed by atoms with van der Waals surface area (Å²) < 4.78 is 29.1. The van der Waals surface area contributed by atoms with Gasteiger partial charge in [0.15, 0.2) is 5.75 Å². The van der Waals surface area contributed by atoms with Crippen molar-refractivity contribution in [2.24, 2.45) is 0 Å². The van der Waals surface area contributed by atoms with Gasteiger partial charge >= 0.3 is 6.61 Å². The highest BCUT2D eigenvalue weighted by atomic mass is 79.9. The maximum absolute atomic E-state index is 12.3. The van der Waals surface area contributed by atoms with Crippen LogP contribution in [0.1, 0.15) is 6.42 Å². The Kier molecular flexibility index (Phi) is 6.31. The van der Waals surface area contributed by atoms with Gasteiger partial charge in [0, 0.05) is 16.8 Å². The summed E-state index contributed by atoms with van der Waals surface area (Å²) in [6.07, 6.45) is 0.207. The lowest BCUT2D eigenvalue weighted by Crippen LogP contribution is -2.14. The van der Waals surface area contributed by atoms with E-state index in [-0.39, 0.29) is 33.3 Å². The van der Waals surface area contributed by atoms with Gasteiger partial charge in [0.2, 0.25) is 5.91 Å². The van der Waals surface area contributed by atoms with Crippen LogP contribution in [0.2, 0.25) is 5.02 Å². The van der Waals surface area contributed by atoms with Gasteiger partial charge in [-0.3, -0.25) is 4.79 Å². The third-order valence-corrected chi connectivity index (χ3v) is 3.01. The minimum absolute atomic E-state index is 0.0978. The number of benzene rings is 1. The maximum Gasteiger partial charge on any atom is 0.387 e. The Labute approximate surface area is 124 Å². The van der Waals surface area contributed by atoms with Crippen molar-refractivity contribution in [3.05, 3.63) is 21.6 Å². The number of ether oxygens (including phenoxy) is 1. The number of hydrogen-bond donors (Lipinski definition) is 1. The summed E-state index contributed by atoms with van der Waals surface area (Å²) >= 11 is 11.9. The first-order valence-electron chi connectivity index (χ1n) is 4.73. The largest absolute Gasteiger partial charge is 0.431 e. The summed E-state index contributed by atoms with van der Waals surface area (Å²) in [5, 5.41) is 3.21. The molecule has 0 unspecified atom stereocenters. The van der Waals surface area contributed by atoms with Crippen LogP contribution >= 0.6 is 43.5 Å². The highest BCUT2D eigenvalue weighted by Crippen LogP contribution is 2.37. The van der Waals surface area contributed by atoms with Crippen LogP contribution in [-0.2, 0) is 4.79 Å². The normalized spacial score (nSPS) is 10.6. The van der Waals surface area contributed by atoms with Gasteiger partial charge in [-0.25, -0.2) is 0 Å². The number of alkyl halides is 3. The Bertz CT molecular complexity index is 446. The van der Waals surface area contributed by atoms with Gasteiger partial charge in [-0.15, -0.1) is 0 Å². The van der Waals surface area contributed by atoms with E-state index in [1.165, 1.54) is 12.1 Å². The number of halogens is 5. The molecule has 0 aromatic heterocycles. The molecule has 0 saturated heterocycles. The Morgan fingerprint density at radius 3 is 2.72 bits per heavy atom. The van der Waals surface area contributed by atoms with Gasteiger partial charge < -0.3 is 10.1 Å². The molecule has 1 rings (SSSR count). The van der Waals surface area contributed by atoms with Crippen molar-refractivity contribution in [1.82, 2.24) is 0 Å². The van der Waals surface area contributed by atoms with Crippen LogP contribution in [0.15, 0.2) is 16.6 Å². The Balaban J connectivity index is 3.03. The molecule has 0 aliphatic carbocycles. The van der Waals surface area contributed by atoms with E-state index >= 15 is 0 Å². The van der Waals surface area contributed by atoms with E-state index in [4.69, 9.17) is 11.6 Å². The quantitative estimate of drug-likeness (QED) is 0.734. The van der Waals surface area contributed by atoms with Crippen molar-refractivity contribution in [2.75, 3.05) is 10.6 Å². The molecular weight excluding hydrogens is 399 g/mol. The van der Waals surface area contributed by atoms with Gasteiger partial charge in [0.1, 0.15) is 0 Å². The molecule has 0 spiro atoms. The van der Waals surface area contributed by atoms with Crippen LogP contribution in [-0.4, -0.2) is 17.8 Å². The van der Waals surface area contributed by atoms with Gasteiger partial charge in [0.25, 0.3) is 0 Å². The predicted octanol–water partition coefficient (Wildman–Crippen LogP) is 4.43. The first kappa shape index (κ1) is 15.7. The van der Waals surface area contributed by atoms with Crippen LogP contribution in [0, 0.1) is 0 Å². The average molecular weight is 407 g/mol. The topological polar surface area (TPSA) is 38.3 Å². The molecule has 0 atom stereocenters. The highest BCUT2D eigenvalue weighted by molar-refractivity contribution is 9.10. The number of carbonyl (C=O) groups excluding carboxylic acids is 1. The third-order valence-electron chi connectivity index (χ3n) is 1.81. The lowest BCUT2D eigenvalue weighted by atomic mass is 10.3. The molecule has 1 N–H and O–H groups in total. The molecule has 100 valence electrons. The van der Waals surface area contributed by atoms with Crippen molar-refractivity contribution in [3.63, 3.8) is 0 Å². The van der Waals surface area contributed by atoms with E-state index in [9.17, 15) is 13.6 Å². The van der Waals surface area contributed by atoms with E-state index in [1.807, 2.05) is 0 Å². The summed E-state index contributed by atoms with van der Waals surface area (Å²) in [6.45, 7) is -2.99. The zero-order chi connectivity index (χ0) is 13.7. The number of hydrogen-bond acceptors (Lipinski definition) is 2. The Morgan fingerprint density at radius 2 is 2.17 bits per heavy atom. The van der Waals surface area contributed by atoms with Crippen molar-refractivity contribution in [2.45, 2.75) is 13.0 Å². The lowest BCUT2D eigenvalue weighted by molar-refractivity contribution is -0.115. The second kappa shape index (κ2) is 7.25. The molecule has 1 amide bonds. The Morgan fingerprint density at radius 1 is 1.50 bits per heavy atom. The first-order chi connectivity index (χ1) is 8.43. The lowest BCUT2D eigenvalue weighted by Gasteiger charge is -2.13. The molecule has 0 aliphatic heterocycles. The molecule has 0 radical (unpaired) electrons. The predicted molar refractivity (Wildman–Crippen MR) is 72.8 cm³/mol. The van der Waals surface area contributed by atoms with Crippen LogP contribution in [0.4, 0.5) is 14.5 Å². The molecule has 0 bridgehead atoms. The Hall–Kier alpha value is -0.400. The zero-order valence-corrected chi connectivity index (χ0v) is 12.8. The van der Waals surface area contributed by atoms with Crippen molar-refractivity contribution < 1.29 is 18.3 Å². The second-order valence-electron chi connectivity index (χ2n) is 3.13. The monoisotopic (exact) mass is 405 g/mol. The summed E-state index contributed by atoms with van der Waals surface area (Å²) in [5.74, 6) is -0.488. The molecule has 0 fully saturated rings. The van der Waals surface area contributed by atoms with Gasteiger partial charge in [-0.1, -0.05) is 27.5 Å². The van der Waals surface area contributed by atoms with Gasteiger partial charge in [0.05, 0.1) is 10.2 Å². The molecule has 1 aromatic rings. The number of amides is 1. The van der Waals surface area contributed by atoms with Crippen LogP contribution < -0.4 is 10.1 Å². The zero-order valence-electron chi connectivity index (χ0n) is 8.85. The number of anilines is 1. The summed E-state index contributed by atoms with van der Waals surface area (Å²) in [4.78, 5) is 11.4. The fourth-order valence-electron chi connectivity index (χ4n) is 1.16. The van der Waals surface area contributed by atoms with Crippen LogP contribution in [0.5, 0.6) is 5.75 Å². The molecule has 8 heteroatoms. The number of nitrogens with one attached hydrogen (secondary N) is 1. The average Bonchev–Trinajstić information content (AvgIpc) is 2.23. The number of carbonyl (C=O) groups is 1. The first-order valence-corrected chi connectivity index (χ1v) is 7.03. The minimum atomic E-state index is -2.99. The third kappa shape index (κ3) is 4.70. The van der Waals surface area contributed by atoms with Crippen molar-refractivity contribution >= 4 is 55.1 Å². The van der Waals surface area contributed by atoms with Gasteiger partial charge in [-0.05, 0) is 28.1 Å². The molecule has 0 aliphatic rings. The highest BCUT2D eigenvalue weighted by Gasteiger charge is 2.16. The molecular formula is C10H8Br2ClF2NO2. The fraction of sp³-hybridized carbons (Fsp3) is 0.300. The van der Waals surface area contributed by atoms with Crippen LogP contribution in [0.3, 0.4) is 0 Å². The van der Waals surface area contributed by atoms with Gasteiger partial charge in [-0.2, -0.15) is 8.78 Å². The number of rotatable bonds is 5. The molecule has 1 aromatic carbocycles. The van der Waals surface area contributed by atoms with Crippen LogP contribution in [0.25, 0.3) is 0 Å². The fourth-order valence-corrected chi connectivity index (χ4v) is 2.42. The van der Waals surface area contributed by atoms with Crippen molar-refractivity contribution in [3.8, 4) is 5.75 Å². The second-order valence-corrected chi connectivity index (χ2v) is 5.21.